The third-order valence-electron chi connectivity index (χ3n) is 2.93. The van der Waals surface area contributed by atoms with Gasteiger partial charge in [-0.05, 0) is 42.8 Å². The first kappa shape index (κ1) is 13.4. The van der Waals surface area contributed by atoms with Gasteiger partial charge in [0.05, 0.1) is 11.0 Å². The van der Waals surface area contributed by atoms with Gasteiger partial charge in [-0.15, -0.1) is 0 Å². The van der Waals surface area contributed by atoms with Crippen LogP contribution in [0.3, 0.4) is 0 Å². The molecule has 0 radical (unpaired) electrons. The molecule has 0 saturated heterocycles. The maximum Gasteiger partial charge on any atom is 0.171 e. The Morgan fingerprint density at radius 3 is 2.85 bits per heavy atom. The van der Waals surface area contributed by atoms with Gasteiger partial charge in [0.15, 0.2) is 11.4 Å². The summed E-state index contributed by atoms with van der Waals surface area (Å²) < 4.78 is 0.796. The van der Waals surface area contributed by atoms with Crippen LogP contribution in [0.25, 0.3) is 11.0 Å². The van der Waals surface area contributed by atoms with Crippen LogP contribution < -0.4 is 0 Å². The molecule has 3 aromatic rings. The molecule has 0 atom stereocenters. The van der Waals surface area contributed by atoms with Crippen LogP contribution in [0, 0.1) is 6.92 Å². The SMILES string of the molecule is Cc1ccc2nc(Sc3ccc(C=O)c(Br)c3)[nH]c2c1. The van der Waals surface area contributed by atoms with Crippen LogP contribution >= 0.6 is 27.7 Å². The third kappa shape index (κ3) is 2.64. The van der Waals surface area contributed by atoms with Gasteiger partial charge in [-0.25, -0.2) is 4.98 Å². The van der Waals surface area contributed by atoms with E-state index < -0.39 is 0 Å². The fraction of sp³-hybridized carbons (Fsp3) is 0.0667. The largest absolute Gasteiger partial charge is 0.333 e. The van der Waals surface area contributed by atoms with E-state index in [2.05, 4.69) is 38.9 Å². The van der Waals surface area contributed by atoms with Crippen molar-refractivity contribution >= 4 is 45.0 Å². The molecule has 0 unspecified atom stereocenters. The number of nitrogens with zero attached hydrogens (tertiary/aromatic N) is 1. The van der Waals surface area contributed by atoms with Gasteiger partial charge in [0, 0.05) is 14.9 Å². The highest BCUT2D eigenvalue weighted by Crippen LogP contribution is 2.30. The minimum absolute atomic E-state index is 0.648. The van der Waals surface area contributed by atoms with Gasteiger partial charge in [-0.1, -0.05) is 33.8 Å². The first-order valence-corrected chi connectivity index (χ1v) is 7.65. The molecule has 0 fully saturated rings. The van der Waals surface area contributed by atoms with E-state index >= 15 is 0 Å². The van der Waals surface area contributed by atoms with E-state index in [9.17, 15) is 4.79 Å². The third-order valence-corrected chi connectivity index (χ3v) is 4.49. The second-order valence-corrected chi connectivity index (χ2v) is 6.38. The first-order valence-electron chi connectivity index (χ1n) is 6.04. The number of fused-ring (bicyclic) bond motifs is 1. The van der Waals surface area contributed by atoms with Gasteiger partial charge in [0.25, 0.3) is 0 Å². The number of hydrogen-bond acceptors (Lipinski definition) is 3. The smallest absolute Gasteiger partial charge is 0.171 e. The summed E-state index contributed by atoms with van der Waals surface area (Å²) in [6.07, 6.45) is 0.836. The van der Waals surface area contributed by atoms with E-state index in [0.717, 1.165) is 31.8 Å². The molecule has 0 saturated carbocycles. The van der Waals surface area contributed by atoms with E-state index in [1.165, 1.54) is 17.3 Å². The van der Waals surface area contributed by atoms with Crippen molar-refractivity contribution < 1.29 is 4.79 Å². The molecule has 1 N–H and O–H groups in total. The molecule has 0 aliphatic heterocycles. The second-order valence-electron chi connectivity index (χ2n) is 4.47. The second kappa shape index (κ2) is 5.42. The normalized spacial score (nSPS) is 10.9. The van der Waals surface area contributed by atoms with E-state index in [1.807, 2.05) is 24.3 Å². The predicted molar refractivity (Wildman–Crippen MR) is 84.5 cm³/mol. The summed E-state index contributed by atoms with van der Waals surface area (Å²) in [5, 5.41) is 0.844. The summed E-state index contributed by atoms with van der Waals surface area (Å²) in [7, 11) is 0. The lowest BCUT2D eigenvalue weighted by Crippen LogP contribution is -1.83. The molecule has 1 aromatic heterocycles. The summed E-state index contributed by atoms with van der Waals surface area (Å²) in [6.45, 7) is 2.06. The molecule has 0 bridgehead atoms. The zero-order valence-corrected chi connectivity index (χ0v) is 13.1. The van der Waals surface area contributed by atoms with E-state index in [1.54, 1.807) is 6.07 Å². The maximum atomic E-state index is 10.8. The summed E-state index contributed by atoms with van der Waals surface area (Å²) in [5.74, 6) is 0. The van der Waals surface area contributed by atoms with Crippen molar-refractivity contribution in [2.75, 3.05) is 0 Å². The number of aromatic amines is 1. The molecule has 20 heavy (non-hydrogen) atoms. The molecular formula is C15H11BrN2OS. The minimum Gasteiger partial charge on any atom is -0.333 e. The van der Waals surface area contributed by atoms with Crippen molar-refractivity contribution in [3.05, 3.63) is 52.0 Å². The Hall–Kier alpha value is -1.59. The van der Waals surface area contributed by atoms with Crippen LogP contribution in [-0.2, 0) is 0 Å². The Bertz CT molecular complexity index is 798. The molecule has 3 rings (SSSR count). The zero-order chi connectivity index (χ0) is 14.1. The van der Waals surface area contributed by atoms with Gasteiger partial charge in [0.2, 0.25) is 0 Å². The number of H-pyrrole nitrogens is 1. The number of halogens is 1. The maximum absolute atomic E-state index is 10.8. The van der Waals surface area contributed by atoms with Crippen LogP contribution in [0.15, 0.2) is 50.9 Å². The number of carbonyl (C=O) groups is 1. The average Bonchev–Trinajstić information content (AvgIpc) is 2.80. The fourth-order valence-corrected chi connectivity index (χ4v) is 3.39. The minimum atomic E-state index is 0.648. The summed E-state index contributed by atoms with van der Waals surface area (Å²) in [5.41, 5.74) is 3.85. The van der Waals surface area contributed by atoms with E-state index in [0.29, 0.717) is 5.56 Å². The van der Waals surface area contributed by atoms with Crippen molar-refractivity contribution in [1.29, 1.82) is 0 Å². The summed E-state index contributed by atoms with van der Waals surface area (Å²) >= 11 is 4.93. The van der Waals surface area contributed by atoms with Gasteiger partial charge in [-0.3, -0.25) is 4.79 Å². The highest BCUT2D eigenvalue weighted by Gasteiger charge is 2.06. The van der Waals surface area contributed by atoms with Gasteiger partial charge >= 0.3 is 0 Å². The van der Waals surface area contributed by atoms with Gasteiger partial charge in [-0.2, -0.15) is 0 Å². The Kier molecular flexibility index (Phi) is 3.63. The van der Waals surface area contributed by atoms with Crippen LogP contribution in [0.4, 0.5) is 0 Å². The summed E-state index contributed by atoms with van der Waals surface area (Å²) in [6, 6.07) is 11.8. The van der Waals surface area contributed by atoms with Crippen LogP contribution in [-0.4, -0.2) is 16.3 Å². The Labute approximate surface area is 128 Å². The number of hydrogen-bond donors (Lipinski definition) is 1. The number of rotatable bonds is 3. The standard InChI is InChI=1S/C15H11BrN2OS/c1-9-2-5-13-14(6-9)18-15(17-13)20-11-4-3-10(8-19)12(16)7-11/h2-8H,1H3,(H,17,18). The molecule has 2 aromatic carbocycles. The highest BCUT2D eigenvalue weighted by atomic mass is 79.9. The fourth-order valence-electron chi connectivity index (χ4n) is 1.93. The molecule has 1 heterocycles. The number of carbonyl (C=O) groups excluding carboxylic acids is 1. The van der Waals surface area contributed by atoms with Crippen molar-refractivity contribution in [2.24, 2.45) is 0 Å². The zero-order valence-electron chi connectivity index (χ0n) is 10.7. The number of aldehydes is 1. The molecule has 0 amide bonds. The Balaban J connectivity index is 1.92. The van der Waals surface area contributed by atoms with Crippen LogP contribution in [0.1, 0.15) is 15.9 Å². The number of aryl methyl sites for hydroxylation is 1. The lowest BCUT2D eigenvalue weighted by Gasteiger charge is -2.00. The van der Waals surface area contributed by atoms with Gasteiger partial charge < -0.3 is 4.98 Å². The quantitative estimate of drug-likeness (QED) is 0.705. The number of imidazole rings is 1. The monoisotopic (exact) mass is 346 g/mol. The van der Waals surface area contributed by atoms with Crippen molar-refractivity contribution in [3.63, 3.8) is 0 Å². The number of nitrogens with one attached hydrogen (secondary N) is 1. The molecule has 0 aliphatic carbocycles. The molecular weight excluding hydrogens is 336 g/mol. The van der Waals surface area contributed by atoms with Gasteiger partial charge in [0.1, 0.15) is 0 Å². The predicted octanol–water partition coefficient (Wildman–Crippen LogP) is 4.60. The molecule has 5 heteroatoms. The number of aromatic nitrogens is 2. The Morgan fingerprint density at radius 2 is 2.10 bits per heavy atom. The van der Waals surface area contributed by atoms with E-state index in [4.69, 9.17) is 0 Å². The highest BCUT2D eigenvalue weighted by molar-refractivity contribution is 9.10. The van der Waals surface area contributed by atoms with Crippen molar-refractivity contribution in [3.8, 4) is 0 Å². The molecule has 3 nitrogen and oxygen atoms in total. The van der Waals surface area contributed by atoms with Crippen LogP contribution in [0.2, 0.25) is 0 Å². The summed E-state index contributed by atoms with van der Waals surface area (Å²) in [4.78, 5) is 19.7. The topological polar surface area (TPSA) is 45.8 Å². The first-order chi connectivity index (χ1) is 9.65. The van der Waals surface area contributed by atoms with Crippen LogP contribution in [0.5, 0.6) is 0 Å². The average molecular weight is 347 g/mol. The van der Waals surface area contributed by atoms with E-state index in [-0.39, 0.29) is 0 Å². The van der Waals surface area contributed by atoms with Crippen molar-refractivity contribution in [1.82, 2.24) is 9.97 Å². The molecule has 0 aliphatic rings. The van der Waals surface area contributed by atoms with Crippen molar-refractivity contribution in [2.45, 2.75) is 17.0 Å². The molecule has 0 spiro atoms. The number of benzene rings is 2. The lowest BCUT2D eigenvalue weighted by atomic mass is 10.2. The lowest BCUT2D eigenvalue weighted by molar-refractivity contribution is 0.112. The Morgan fingerprint density at radius 1 is 1.25 bits per heavy atom. The molecule has 100 valence electrons.